The van der Waals surface area contributed by atoms with Gasteiger partial charge in [-0.25, -0.2) is 4.79 Å². The van der Waals surface area contributed by atoms with Crippen molar-refractivity contribution < 1.29 is 14.3 Å². The number of hydrogen-bond donors (Lipinski definition) is 0. The maximum atomic E-state index is 11.3. The molecule has 1 saturated carbocycles. The molecule has 2 atom stereocenters. The minimum Gasteiger partial charge on any atom is -0.465 e. The molecule has 1 aliphatic rings. The van der Waals surface area contributed by atoms with Crippen LogP contribution in [0.5, 0.6) is 0 Å². The van der Waals surface area contributed by atoms with Crippen LogP contribution in [-0.2, 0) is 9.47 Å². The van der Waals surface area contributed by atoms with Crippen molar-refractivity contribution in [3.05, 3.63) is 24.0 Å². The Morgan fingerprint density at radius 2 is 2.25 bits per heavy atom. The molecule has 1 aromatic heterocycles. The van der Waals surface area contributed by atoms with Crippen LogP contribution in [0.2, 0.25) is 0 Å². The van der Waals surface area contributed by atoms with E-state index in [1.807, 2.05) is 12.4 Å². The Bertz CT molecular complexity index is 372. The number of carbonyl (C=O) groups excluding carboxylic acids is 1. The van der Waals surface area contributed by atoms with Crippen LogP contribution in [-0.4, -0.2) is 30.9 Å². The van der Waals surface area contributed by atoms with E-state index in [9.17, 15) is 4.79 Å². The number of hydrogen-bond acceptors (Lipinski definition) is 3. The van der Waals surface area contributed by atoms with Crippen LogP contribution in [0.4, 0.5) is 0 Å². The number of nitrogens with zero attached hydrogens (tertiary/aromatic N) is 1. The van der Waals surface area contributed by atoms with Crippen LogP contribution in [0.3, 0.4) is 0 Å². The number of carbonyl (C=O) groups is 1. The number of rotatable bonds is 3. The third-order valence-corrected chi connectivity index (χ3v) is 3.24. The minimum absolute atomic E-state index is 0.262. The lowest BCUT2D eigenvalue weighted by molar-refractivity contribution is 0.0598. The second-order valence-corrected chi connectivity index (χ2v) is 4.11. The van der Waals surface area contributed by atoms with Gasteiger partial charge in [0.15, 0.2) is 0 Å². The van der Waals surface area contributed by atoms with E-state index in [0.29, 0.717) is 11.6 Å². The van der Waals surface area contributed by atoms with Gasteiger partial charge in [0.2, 0.25) is 0 Å². The van der Waals surface area contributed by atoms with Gasteiger partial charge >= 0.3 is 5.97 Å². The molecule has 0 radical (unpaired) electrons. The molecule has 0 spiro atoms. The van der Waals surface area contributed by atoms with E-state index in [2.05, 4.69) is 9.30 Å². The lowest BCUT2D eigenvalue weighted by Gasteiger charge is -2.19. The first-order chi connectivity index (χ1) is 7.76. The summed E-state index contributed by atoms with van der Waals surface area (Å²) in [5.41, 5.74) is 0.601. The smallest absolute Gasteiger partial charge is 0.339 e. The lowest BCUT2D eigenvalue weighted by Crippen LogP contribution is -2.19. The van der Waals surface area contributed by atoms with Gasteiger partial charge in [0.05, 0.1) is 24.8 Å². The van der Waals surface area contributed by atoms with E-state index in [0.717, 1.165) is 12.8 Å². The van der Waals surface area contributed by atoms with Crippen molar-refractivity contribution in [1.82, 2.24) is 4.57 Å². The largest absolute Gasteiger partial charge is 0.465 e. The third kappa shape index (κ3) is 1.97. The van der Waals surface area contributed by atoms with Gasteiger partial charge in [0.25, 0.3) is 0 Å². The highest BCUT2D eigenvalue weighted by molar-refractivity contribution is 5.89. The minimum atomic E-state index is -0.286. The van der Waals surface area contributed by atoms with E-state index >= 15 is 0 Å². The van der Waals surface area contributed by atoms with Gasteiger partial charge in [0, 0.05) is 19.5 Å². The van der Waals surface area contributed by atoms with Crippen LogP contribution in [0.1, 0.15) is 35.7 Å². The Balaban J connectivity index is 2.15. The van der Waals surface area contributed by atoms with Gasteiger partial charge in [-0.15, -0.1) is 0 Å². The maximum absolute atomic E-state index is 11.3. The highest BCUT2D eigenvalue weighted by atomic mass is 16.5. The zero-order valence-electron chi connectivity index (χ0n) is 9.68. The van der Waals surface area contributed by atoms with Crippen LogP contribution >= 0.6 is 0 Å². The van der Waals surface area contributed by atoms with Crippen molar-refractivity contribution in [3.63, 3.8) is 0 Å². The van der Waals surface area contributed by atoms with Gasteiger partial charge in [0.1, 0.15) is 0 Å². The first kappa shape index (κ1) is 11.2. The van der Waals surface area contributed by atoms with Crippen LogP contribution in [0.25, 0.3) is 0 Å². The number of methoxy groups -OCH3 is 2. The summed E-state index contributed by atoms with van der Waals surface area (Å²) in [6, 6.07) is 2.14. The maximum Gasteiger partial charge on any atom is 0.339 e. The number of esters is 1. The second-order valence-electron chi connectivity index (χ2n) is 4.11. The molecule has 0 unspecified atom stereocenters. The van der Waals surface area contributed by atoms with E-state index < -0.39 is 0 Å². The molecule has 1 aromatic rings. The zero-order chi connectivity index (χ0) is 11.5. The van der Waals surface area contributed by atoms with Crippen LogP contribution in [0, 0.1) is 0 Å². The molecule has 0 aromatic carbocycles. The van der Waals surface area contributed by atoms with Gasteiger partial charge in [-0.1, -0.05) is 0 Å². The van der Waals surface area contributed by atoms with Gasteiger partial charge in [-0.05, 0) is 25.3 Å². The molecule has 0 saturated heterocycles. The molecule has 4 nitrogen and oxygen atoms in total. The molecule has 4 heteroatoms. The van der Waals surface area contributed by atoms with Crippen molar-refractivity contribution in [2.45, 2.75) is 31.4 Å². The molecular weight excluding hydrogens is 206 g/mol. The van der Waals surface area contributed by atoms with Crippen molar-refractivity contribution >= 4 is 5.97 Å². The summed E-state index contributed by atoms with van der Waals surface area (Å²) in [4.78, 5) is 11.3. The summed E-state index contributed by atoms with van der Waals surface area (Å²) in [5, 5.41) is 0. The summed E-state index contributed by atoms with van der Waals surface area (Å²) in [6.45, 7) is 0. The highest BCUT2D eigenvalue weighted by Gasteiger charge is 2.28. The molecule has 0 aliphatic heterocycles. The summed E-state index contributed by atoms with van der Waals surface area (Å²) in [7, 11) is 3.14. The standard InChI is InChI=1S/C12H17NO3/c1-15-11-5-3-4-10(11)13-7-6-9(8-13)12(14)16-2/h6-8,10-11H,3-5H2,1-2H3/t10-,11+/m1/s1. The molecule has 16 heavy (non-hydrogen) atoms. The molecule has 88 valence electrons. The Morgan fingerprint density at radius 1 is 1.44 bits per heavy atom. The summed E-state index contributed by atoms with van der Waals surface area (Å²) in [6.07, 6.45) is 7.40. The first-order valence-electron chi connectivity index (χ1n) is 5.55. The van der Waals surface area contributed by atoms with Crippen LogP contribution < -0.4 is 0 Å². The Kier molecular flexibility index (Phi) is 3.29. The zero-order valence-corrected chi connectivity index (χ0v) is 9.68. The monoisotopic (exact) mass is 223 g/mol. The van der Waals surface area contributed by atoms with Crippen molar-refractivity contribution in [2.75, 3.05) is 14.2 Å². The Hall–Kier alpha value is -1.29. The molecular formula is C12H17NO3. The SMILES string of the molecule is COC(=O)c1ccn([C@@H]2CCC[C@@H]2OC)c1. The van der Waals surface area contributed by atoms with Crippen molar-refractivity contribution in [2.24, 2.45) is 0 Å². The van der Waals surface area contributed by atoms with Crippen LogP contribution in [0.15, 0.2) is 18.5 Å². The van der Waals surface area contributed by atoms with Gasteiger partial charge < -0.3 is 14.0 Å². The molecule has 0 bridgehead atoms. The fraction of sp³-hybridized carbons (Fsp3) is 0.583. The average Bonchev–Trinajstić information content (AvgIpc) is 2.95. The topological polar surface area (TPSA) is 40.5 Å². The third-order valence-electron chi connectivity index (χ3n) is 3.24. The Labute approximate surface area is 95.2 Å². The predicted octanol–water partition coefficient (Wildman–Crippen LogP) is 2.01. The quantitative estimate of drug-likeness (QED) is 0.736. The van der Waals surface area contributed by atoms with Gasteiger partial charge in [-0.2, -0.15) is 0 Å². The van der Waals surface area contributed by atoms with Crippen molar-refractivity contribution in [3.8, 4) is 0 Å². The summed E-state index contributed by atoms with van der Waals surface area (Å²) >= 11 is 0. The first-order valence-corrected chi connectivity index (χ1v) is 5.55. The van der Waals surface area contributed by atoms with Gasteiger partial charge in [-0.3, -0.25) is 0 Å². The normalized spacial score (nSPS) is 24.6. The fourth-order valence-corrected chi connectivity index (χ4v) is 2.38. The fourth-order valence-electron chi connectivity index (χ4n) is 2.38. The summed E-state index contributed by atoms with van der Waals surface area (Å²) in [5.74, 6) is -0.286. The second kappa shape index (κ2) is 4.70. The number of ether oxygens (including phenoxy) is 2. The highest BCUT2D eigenvalue weighted by Crippen LogP contribution is 2.32. The predicted molar refractivity (Wildman–Crippen MR) is 59.5 cm³/mol. The van der Waals surface area contributed by atoms with E-state index in [1.165, 1.54) is 13.5 Å². The van der Waals surface area contributed by atoms with E-state index in [1.54, 1.807) is 13.2 Å². The molecule has 2 rings (SSSR count). The molecule has 0 N–H and O–H groups in total. The molecule has 1 fully saturated rings. The Morgan fingerprint density at radius 3 is 2.94 bits per heavy atom. The van der Waals surface area contributed by atoms with E-state index in [-0.39, 0.29) is 12.1 Å². The van der Waals surface area contributed by atoms with Crippen molar-refractivity contribution in [1.29, 1.82) is 0 Å². The number of aromatic nitrogens is 1. The molecule has 0 amide bonds. The summed E-state index contributed by atoms with van der Waals surface area (Å²) < 4.78 is 12.2. The molecule has 1 heterocycles. The molecule has 1 aliphatic carbocycles. The van der Waals surface area contributed by atoms with E-state index in [4.69, 9.17) is 4.74 Å². The average molecular weight is 223 g/mol. The lowest BCUT2D eigenvalue weighted by atomic mass is 10.2.